The predicted molar refractivity (Wildman–Crippen MR) is 138 cm³/mol. The molecule has 2 fully saturated rings. The number of likely N-dealkylation sites (tertiary alicyclic amines) is 2. The second kappa shape index (κ2) is 10.2. The Balaban J connectivity index is 1.27. The number of carbonyl (C=O) groups is 1. The molecule has 0 N–H and O–H groups in total. The summed E-state index contributed by atoms with van der Waals surface area (Å²) in [5.74, 6) is 1.66. The summed E-state index contributed by atoms with van der Waals surface area (Å²) in [5.41, 5.74) is 3.61. The molecule has 1 amide bonds. The maximum atomic E-state index is 13.3. The van der Waals surface area contributed by atoms with E-state index in [9.17, 15) is 4.79 Å². The minimum Gasteiger partial charge on any atom is -0.338 e. The van der Waals surface area contributed by atoms with E-state index in [0.29, 0.717) is 17.8 Å². The van der Waals surface area contributed by atoms with Crippen molar-refractivity contribution in [3.05, 3.63) is 106 Å². The van der Waals surface area contributed by atoms with Crippen LogP contribution in [-0.4, -0.2) is 48.4 Å². The van der Waals surface area contributed by atoms with Gasteiger partial charge in [-0.25, -0.2) is 0 Å². The molecule has 2 aliphatic rings. The number of piperidine rings is 1. The number of benzene rings is 3. The summed E-state index contributed by atoms with van der Waals surface area (Å²) >= 11 is 3.47. The van der Waals surface area contributed by atoms with Gasteiger partial charge < -0.3 is 9.80 Å². The van der Waals surface area contributed by atoms with Crippen LogP contribution in [-0.2, 0) is 0 Å². The highest BCUT2D eigenvalue weighted by molar-refractivity contribution is 9.10. The van der Waals surface area contributed by atoms with E-state index in [1.165, 1.54) is 24.0 Å². The van der Waals surface area contributed by atoms with Gasteiger partial charge in [-0.2, -0.15) is 0 Å². The van der Waals surface area contributed by atoms with Crippen molar-refractivity contribution in [2.24, 2.45) is 5.92 Å². The number of hydrogen-bond acceptors (Lipinski definition) is 2. The third-order valence-electron chi connectivity index (χ3n) is 7.40. The summed E-state index contributed by atoms with van der Waals surface area (Å²) in [5, 5.41) is 0. The summed E-state index contributed by atoms with van der Waals surface area (Å²) in [7, 11) is 0. The SMILES string of the molecule is O=C(c1ccc(Br)cc1)N1CC(CN2CCC(c3ccccc3)CC2)C(c2ccccc2)C1. The molecule has 2 aliphatic heterocycles. The number of amides is 1. The van der Waals surface area contributed by atoms with Crippen LogP contribution < -0.4 is 0 Å². The van der Waals surface area contributed by atoms with Gasteiger partial charge in [-0.15, -0.1) is 0 Å². The third kappa shape index (κ3) is 5.23. The highest BCUT2D eigenvalue weighted by Gasteiger charge is 2.37. The van der Waals surface area contributed by atoms with E-state index in [2.05, 4.69) is 86.4 Å². The molecule has 0 aliphatic carbocycles. The molecule has 0 radical (unpaired) electrons. The summed E-state index contributed by atoms with van der Waals surface area (Å²) in [6, 6.07) is 29.5. The maximum absolute atomic E-state index is 13.3. The molecule has 3 aromatic rings. The fourth-order valence-corrected chi connectivity index (χ4v) is 5.85. The molecule has 4 heteroatoms. The number of nitrogens with zero attached hydrogens (tertiary/aromatic N) is 2. The number of rotatable bonds is 5. The Bertz CT molecular complexity index is 1050. The molecule has 5 rings (SSSR count). The molecular weight excluding hydrogens is 472 g/mol. The first-order chi connectivity index (χ1) is 16.2. The molecule has 2 heterocycles. The van der Waals surface area contributed by atoms with Gasteiger partial charge in [0.2, 0.25) is 0 Å². The Kier molecular flexibility index (Phi) is 6.93. The lowest BCUT2D eigenvalue weighted by atomic mass is 9.86. The number of hydrogen-bond donors (Lipinski definition) is 0. The van der Waals surface area contributed by atoms with Crippen LogP contribution in [0.4, 0.5) is 0 Å². The summed E-state index contributed by atoms with van der Waals surface area (Å²) in [6.45, 7) is 4.96. The Hall–Kier alpha value is -2.43. The fourth-order valence-electron chi connectivity index (χ4n) is 5.58. The van der Waals surface area contributed by atoms with Gasteiger partial charge in [-0.1, -0.05) is 76.6 Å². The van der Waals surface area contributed by atoms with Crippen LogP contribution in [0.3, 0.4) is 0 Å². The molecular formula is C29H31BrN2O. The topological polar surface area (TPSA) is 23.6 Å². The first-order valence-electron chi connectivity index (χ1n) is 12.0. The summed E-state index contributed by atoms with van der Waals surface area (Å²) in [4.78, 5) is 18.0. The van der Waals surface area contributed by atoms with E-state index in [-0.39, 0.29) is 5.91 Å². The van der Waals surface area contributed by atoms with Crippen LogP contribution in [0.15, 0.2) is 89.4 Å². The van der Waals surface area contributed by atoms with Crippen LogP contribution in [0, 0.1) is 5.92 Å². The van der Waals surface area contributed by atoms with Crippen molar-refractivity contribution in [3.63, 3.8) is 0 Å². The second-order valence-electron chi connectivity index (χ2n) is 9.48. The van der Waals surface area contributed by atoms with E-state index in [1.807, 2.05) is 24.3 Å². The number of halogens is 1. The van der Waals surface area contributed by atoms with E-state index in [4.69, 9.17) is 0 Å². The van der Waals surface area contributed by atoms with Crippen LogP contribution >= 0.6 is 15.9 Å². The quantitative estimate of drug-likeness (QED) is 0.415. The van der Waals surface area contributed by atoms with Gasteiger partial charge >= 0.3 is 0 Å². The van der Waals surface area contributed by atoms with Gasteiger partial charge in [0.1, 0.15) is 0 Å². The zero-order valence-corrected chi connectivity index (χ0v) is 20.5. The molecule has 2 atom stereocenters. The first-order valence-corrected chi connectivity index (χ1v) is 12.8. The van der Waals surface area contributed by atoms with E-state index in [0.717, 1.165) is 42.8 Å². The molecule has 33 heavy (non-hydrogen) atoms. The first kappa shape index (κ1) is 22.4. The molecule has 0 spiro atoms. The molecule has 2 unspecified atom stereocenters. The monoisotopic (exact) mass is 502 g/mol. The minimum absolute atomic E-state index is 0.147. The zero-order chi connectivity index (χ0) is 22.6. The van der Waals surface area contributed by atoms with Gasteiger partial charge in [0.25, 0.3) is 5.91 Å². The maximum Gasteiger partial charge on any atom is 0.253 e. The average Bonchev–Trinajstić information content (AvgIpc) is 3.29. The van der Waals surface area contributed by atoms with Gasteiger partial charge in [-0.3, -0.25) is 4.79 Å². The lowest BCUT2D eigenvalue weighted by Crippen LogP contribution is -2.38. The lowest BCUT2D eigenvalue weighted by Gasteiger charge is -2.34. The van der Waals surface area contributed by atoms with Crippen LogP contribution in [0.25, 0.3) is 0 Å². The smallest absolute Gasteiger partial charge is 0.253 e. The van der Waals surface area contributed by atoms with Crippen LogP contribution in [0.2, 0.25) is 0 Å². The van der Waals surface area contributed by atoms with Crippen molar-refractivity contribution in [2.45, 2.75) is 24.7 Å². The van der Waals surface area contributed by atoms with Crippen molar-refractivity contribution in [3.8, 4) is 0 Å². The average molecular weight is 503 g/mol. The minimum atomic E-state index is 0.147. The van der Waals surface area contributed by atoms with Crippen LogP contribution in [0.1, 0.15) is 46.2 Å². The zero-order valence-electron chi connectivity index (χ0n) is 18.9. The van der Waals surface area contributed by atoms with Crippen molar-refractivity contribution in [1.29, 1.82) is 0 Å². The Morgan fingerprint density at radius 2 is 1.39 bits per heavy atom. The highest BCUT2D eigenvalue weighted by Crippen LogP contribution is 2.36. The van der Waals surface area contributed by atoms with E-state index in [1.54, 1.807) is 0 Å². The molecule has 3 nitrogen and oxygen atoms in total. The molecule has 0 bridgehead atoms. The fraction of sp³-hybridized carbons (Fsp3) is 0.345. The van der Waals surface area contributed by atoms with Crippen molar-refractivity contribution >= 4 is 21.8 Å². The molecule has 0 aromatic heterocycles. The van der Waals surface area contributed by atoms with Crippen molar-refractivity contribution < 1.29 is 4.79 Å². The summed E-state index contributed by atoms with van der Waals surface area (Å²) in [6.07, 6.45) is 2.43. The van der Waals surface area contributed by atoms with Gasteiger partial charge in [0.15, 0.2) is 0 Å². The Labute approximate surface area is 205 Å². The normalized spacial score (nSPS) is 21.9. The summed E-state index contributed by atoms with van der Waals surface area (Å²) < 4.78 is 0.999. The highest BCUT2D eigenvalue weighted by atomic mass is 79.9. The van der Waals surface area contributed by atoms with Gasteiger partial charge in [-0.05, 0) is 73.2 Å². The molecule has 3 aromatic carbocycles. The lowest BCUT2D eigenvalue weighted by molar-refractivity contribution is 0.0781. The molecule has 170 valence electrons. The predicted octanol–water partition coefficient (Wildman–Crippen LogP) is 6.18. The standard InChI is InChI=1S/C29H31BrN2O/c30-27-13-11-25(12-14-27)29(33)32-20-26(28(21-32)24-9-5-2-6-10-24)19-31-17-15-23(16-18-31)22-7-3-1-4-8-22/h1-14,23,26,28H,15-21H2. The van der Waals surface area contributed by atoms with Gasteiger partial charge in [0, 0.05) is 35.6 Å². The van der Waals surface area contributed by atoms with E-state index < -0.39 is 0 Å². The third-order valence-corrected chi connectivity index (χ3v) is 7.93. The van der Waals surface area contributed by atoms with Crippen molar-refractivity contribution in [2.75, 3.05) is 32.7 Å². The van der Waals surface area contributed by atoms with Crippen molar-refractivity contribution in [1.82, 2.24) is 9.80 Å². The van der Waals surface area contributed by atoms with Crippen LogP contribution in [0.5, 0.6) is 0 Å². The second-order valence-corrected chi connectivity index (χ2v) is 10.4. The largest absolute Gasteiger partial charge is 0.338 e. The Morgan fingerprint density at radius 3 is 2.03 bits per heavy atom. The Morgan fingerprint density at radius 1 is 0.788 bits per heavy atom. The molecule has 2 saturated heterocycles. The molecule has 0 saturated carbocycles. The van der Waals surface area contributed by atoms with E-state index >= 15 is 0 Å². The number of carbonyl (C=O) groups excluding carboxylic acids is 1. The van der Waals surface area contributed by atoms with Gasteiger partial charge in [0.05, 0.1) is 0 Å².